The first-order chi connectivity index (χ1) is 8.29. The minimum atomic E-state index is 0.607. The van der Waals surface area contributed by atoms with Gasteiger partial charge in [-0.05, 0) is 41.6 Å². The smallest absolute Gasteiger partial charge is 0.225 e. The van der Waals surface area contributed by atoms with Crippen LogP contribution in [0.3, 0.4) is 0 Å². The van der Waals surface area contributed by atoms with Crippen LogP contribution in [-0.4, -0.2) is 36.3 Å². The summed E-state index contributed by atoms with van der Waals surface area (Å²) < 4.78 is 6.42. The Balaban J connectivity index is 1.94. The molecule has 0 saturated carbocycles. The van der Waals surface area contributed by atoms with Crippen LogP contribution in [-0.2, 0) is 4.74 Å². The van der Waals surface area contributed by atoms with Gasteiger partial charge in [-0.3, -0.25) is 0 Å². The summed E-state index contributed by atoms with van der Waals surface area (Å²) in [5.41, 5.74) is 0. The summed E-state index contributed by atoms with van der Waals surface area (Å²) >= 11 is 3.35. The number of nitrogens with zero attached hydrogens (tertiary/aromatic N) is 3. The molecule has 0 amide bonds. The average Bonchev–Trinajstić information content (AvgIpc) is 2.37. The summed E-state index contributed by atoms with van der Waals surface area (Å²) in [6.45, 7) is 5.74. The van der Waals surface area contributed by atoms with Gasteiger partial charge in [-0.2, -0.15) is 0 Å². The number of aromatic nitrogens is 2. The molecule has 0 aliphatic carbocycles. The Morgan fingerprint density at radius 3 is 2.94 bits per heavy atom. The van der Waals surface area contributed by atoms with Crippen molar-refractivity contribution in [3.8, 4) is 0 Å². The highest BCUT2D eigenvalue weighted by molar-refractivity contribution is 9.10. The molecule has 1 atom stereocenters. The summed E-state index contributed by atoms with van der Waals surface area (Å²) in [5, 5.41) is 0. The SMILES string of the molecule is CCOCC1CCCN(c2ncc(Br)cn2)C1. The zero-order valence-electron chi connectivity index (χ0n) is 10.1. The van der Waals surface area contributed by atoms with Crippen LogP contribution in [0.1, 0.15) is 19.8 Å². The maximum Gasteiger partial charge on any atom is 0.225 e. The molecule has 94 valence electrons. The van der Waals surface area contributed by atoms with E-state index in [0.29, 0.717) is 5.92 Å². The van der Waals surface area contributed by atoms with E-state index in [4.69, 9.17) is 4.74 Å². The highest BCUT2D eigenvalue weighted by Gasteiger charge is 2.21. The zero-order valence-corrected chi connectivity index (χ0v) is 11.7. The second-order valence-electron chi connectivity index (χ2n) is 4.32. The van der Waals surface area contributed by atoms with E-state index >= 15 is 0 Å². The fourth-order valence-corrected chi connectivity index (χ4v) is 2.34. The van der Waals surface area contributed by atoms with E-state index in [1.54, 1.807) is 12.4 Å². The zero-order chi connectivity index (χ0) is 12.1. The molecule has 1 aromatic rings. The summed E-state index contributed by atoms with van der Waals surface area (Å²) in [4.78, 5) is 10.9. The first-order valence-electron chi connectivity index (χ1n) is 6.10. The lowest BCUT2D eigenvalue weighted by molar-refractivity contribution is 0.104. The molecule has 1 unspecified atom stereocenters. The van der Waals surface area contributed by atoms with Gasteiger partial charge >= 0.3 is 0 Å². The van der Waals surface area contributed by atoms with Crippen LogP contribution in [0.25, 0.3) is 0 Å². The number of piperidine rings is 1. The molecule has 17 heavy (non-hydrogen) atoms. The lowest BCUT2D eigenvalue weighted by Crippen LogP contribution is -2.38. The molecule has 5 heteroatoms. The molecule has 0 spiro atoms. The molecule has 4 nitrogen and oxygen atoms in total. The van der Waals surface area contributed by atoms with Gasteiger partial charge < -0.3 is 9.64 Å². The normalized spacial score (nSPS) is 20.6. The quantitative estimate of drug-likeness (QED) is 0.856. The van der Waals surface area contributed by atoms with E-state index in [1.807, 2.05) is 6.92 Å². The van der Waals surface area contributed by atoms with Crippen molar-refractivity contribution in [2.45, 2.75) is 19.8 Å². The van der Waals surface area contributed by atoms with Gasteiger partial charge in [0.05, 0.1) is 11.1 Å². The van der Waals surface area contributed by atoms with Crippen molar-refractivity contribution < 1.29 is 4.74 Å². The van der Waals surface area contributed by atoms with Gasteiger partial charge in [0.2, 0.25) is 5.95 Å². The van der Waals surface area contributed by atoms with Crippen molar-refractivity contribution in [1.29, 1.82) is 0 Å². The Morgan fingerprint density at radius 1 is 1.47 bits per heavy atom. The maximum atomic E-state index is 5.50. The number of halogens is 1. The highest BCUT2D eigenvalue weighted by Crippen LogP contribution is 2.21. The van der Waals surface area contributed by atoms with Crippen LogP contribution in [0.5, 0.6) is 0 Å². The van der Waals surface area contributed by atoms with Crippen LogP contribution in [0.2, 0.25) is 0 Å². The first-order valence-corrected chi connectivity index (χ1v) is 6.89. The lowest BCUT2D eigenvalue weighted by Gasteiger charge is -2.32. The predicted molar refractivity (Wildman–Crippen MR) is 71.2 cm³/mol. The number of ether oxygens (including phenoxy) is 1. The minimum absolute atomic E-state index is 0.607. The molecule has 0 radical (unpaired) electrons. The number of anilines is 1. The largest absolute Gasteiger partial charge is 0.381 e. The summed E-state index contributed by atoms with van der Waals surface area (Å²) in [6, 6.07) is 0. The van der Waals surface area contributed by atoms with Crippen molar-refractivity contribution in [2.75, 3.05) is 31.2 Å². The Bertz CT molecular complexity index is 344. The third-order valence-corrected chi connectivity index (χ3v) is 3.38. The molecule has 2 rings (SSSR count). The van der Waals surface area contributed by atoms with Crippen LogP contribution in [0, 0.1) is 5.92 Å². The monoisotopic (exact) mass is 299 g/mol. The molecule has 0 aromatic carbocycles. The summed E-state index contributed by atoms with van der Waals surface area (Å²) in [5.74, 6) is 1.44. The van der Waals surface area contributed by atoms with E-state index in [2.05, 4.69) is 30.8 Å². The van der Waals surface area contributed by atoms with Crippen molar-refractivity contribution in [3.05, 3.63) is 16.9 Å². The Morgan fingerprint density at radius 2 is 2.24 bits per heavy atom. The predicted octanol–water partition coefficient (Wildman–Crippen LogP) is 2.49. The molecular weight excluding hydrogens is 282 g/mol. The fraction of sp³-hybridized carbons (Fsp3) is 0.667. The molecule has 0 N–H and O–H groups in total. The van der Waals surface area contributed by atoms with Crippen molar-refractivity contribution in [3.63, 3.8) is 0 Å². The van der Waals surface area contributed by atoms with Crippen LogP contribution < -0.4 is 4.90 Å². The number of hydrogen-bond donors (Lipinski definition) is 0. The molecule has 1 aromatic heterocycles. The number of hydrogen-bond acceptors (Lipinski definition) is 4. The molecule has 1 saturated heterocycles. The summed E-state index contributed by atoms with van der Waals surface area (Å²) in [7, 11) is 0. The second kappa shape index (κ2) is 6.31. The Labute approximate surface area is 111 Å². The highest BCUT2D eigenvalue weighted by atomic mass is 79.9. The van der Waals surface area contributed by atoms with E-state index in [0.717, 1.165) is 36.7 Å². The Hall–Kier alpha value is -0.680. The van der Waals surface area contributed by atoms with Gasteiger partial charge in [0.1, 0.15) is 0 Å². The van der Waals surface area contributed by atoms with E-state index in [9.17, 15) is 0 Å². The molecule has 1 aliphatic rings. The minimum Gasteiger partial charge on any atom is -0.381 e. The molecule has 2 heterocycles. The molecule has 0 bridgehead atoms. The molecule has 1 fully saturated rings. The van der Waals surface area contributed by atoms with Crippen LogP contribution in [0.15, 0.2) is 16.9 Å². The second-order valence-corrected chi connectivity index (χ2v) is 5.23. The van der Waals surface area contributed by atoms with Gasteiger partial charge in [0.15, 0.2) is 0 Å². The fourth-order valence-electron chi connectivity index (χ4n) is 2.14. The van der Waals surface area contributed by atoms with E-state index < -0.39 is 0 Å². The van der Waals surface area contributed by atoms with E-state index in [1.165, 1.54) is 12.8 Å². The van der Waals surface area contributed by atoms with Gasteiger partial charge in [-0.15, -0.1) is 0 Å². The van der Waals surface area contributed by atoms with Gasteiger partial charge in [0, 0.05) is 32.1 Å². The van der Waals surface area contributed by atoms with Crippen molar-refractivity contribution in [1.82, 2.24) is 9.97 Å². The van der Waals surface area contributed by atoms with Crippen molar-refractivity contribution >= 4 is 21.9 Å². The molecular formula is C12H18BrN3O. The molecule has 1 aliphatic heterocycles. The van der Waals surface area contributed by atoms with Gasteiger partial charge in [-0.1, -0.05) is 0 Å². The first kappa shape index (κ1) is 12.8. The average molecular weight is 300 g/mol. The van der Waals surface area contributed by atoms with Crippen LogP contribution >= 0.6 is 15.9 Å². The van der Waals surface area contributed by atoms with Gasteiger partial charge in [-0.25, -0.2) is 9.97 Å². The van der Waals surface area contributed by atoms with Gasteiger partial charge in [0.25, 0.3) is 0 Å². The van der Waals surface area contributed by atoms with E-state index in [-0.39, 0.29) is 0 Å². The Kier molecular flexibility index (Phi) is 4.74. The van der Waals surface area contributed by atoms with Crippen LogP contribution in [0.4, 0.5) is 5.95 Å². The third kappa shape index (κ3) is 3.64. The maximum absolute atomic E-state index is 5.50. The summed E-state index contributed by atoms with van der Waals surface area (Å²) in [6.07, 6.45) is 6.03. The topological polar surface area (TPSA) is 38.2 Å². The number of rotatable bonds is 4. The third-order valence-electron chi connectivity index (χ3n) is 2.97. The van der Waals surface area contributed by atoms with Crippen molar-refractivity contribution in [2.24, 2.45) is 5.92 Å². The standard InChI is InChI=1S/C12H18BrN3O/c1-2-17-9-10-4-3-5-16(8-10)12-14-6-11(13)7-15-12/h6-7,10H,2-5,8-9H2,1H3. The lowest BCUT2D eigenvalue weighted by atomic mass is 9.99.